The lowest BCUT2D eigenvalue weighted by Crippen LogP contribution is -2.20. The molecule has 0 spiro atoms. The molecular formula is C12H12N6. The fraction of sp³-hybridized carbons (Fsp3) is 0.333. The van der Waals surface area contributed by atoms with Gasteiger partial charge in [-0.25, -0.2) is 15.0 Å². The SMILES string of the molecule is N#Cc1cc2c(N)ncnc2nc1N1CCCC1. The lowest BCUT2D eigenvalue weighted by Gasteiger charge is -2.17. The highest BCUT2D eigenvalue weighted by molar-refractivity contribution is 5.88. The van der Waals surface area contributed by atoms with Crippen LogP contribution >= 0.6 is 0 Å². The minimum atomic E-state index is 0.358. The number of nitrogens with two attached hydrogens (primary N) is 1. The highest BCUT2D eigenvalue weighted by Crippen LogP contribution is 2.26. The van der Waals surface area contributed by atoms with Crippen molar-refractivity contribution in [2.45, 2.75) is 12.8 Å². The molecule has 0 unspecified atom stereocenters. The summed E-state index contributed by atoms with van der Waals surface area (Å²) in [5.41, 5.74) is 6.85. The standard InChI is InChI=1S/C12H12N6/c13-6-8-5-9-10(14)15-7-16-11(9)17-12(8)18-3-1-2-4-18/h5,7H,1-4H2,(H2,14,15,16,17). The number of nitriles is 1. The lowest BCUT2D eigenvalue weighted by molar-refractivity contribution is 0.937. The molecule has 2 aromatic heterocycles. The smallest absolute Gasteiger partial charge is 0.167 e. The summed E-state index contributed by atoms with van der Waals surface area (Å²) < 4.78 is 0. The molecule has 2 N–H and O–H groups in total. The van der Waals surface area contributed by atoms with Crippen LogP contribution in [0.25, 0.3) is 11.0 Å². The van der Waals surface area contributed by atoms with Crippen molar-refractivity contribution < 1.29 is 0 Å². The third-order valence-electron chi connectivity index (χ3n) is 3.16. The van der Waals surface area contributed by atoms with E-state index in [9.17, 15) is 5.26 Å². The van der Waals surface area contributed by atoms with Gasteiger partial charge in [-0.05, 0) is 18.9 Å². The van der Waals surface area contributed by atoms with Crippen LogP contribution in [0.3, 0.4) is 0 Å². The average molecular weight is 240 g/mol. The Bertz CT molecular complexity index is 639. The largest absolute Gasteiger partial charge is 0.383 e. The molecule has 0 amide bonds. The van der Waals surface area contributed by atoms with Gasteiger partial charge in [-0.3, -0.25) is 0 Å². The predicted octanol–water partition coefficient (Wildman–Crippen LogP) is 1.08. The predicted molar refractivity (Wildman–Crippen MR) is 67.9 cm³/mol. The topological polar surface area (TPSA) is 91.7 Å². The van der Waals surface area contributed by atoms with Gasteiger partial charge in [0.1, 0.15) is 24.0 Å². The number of aromatic nitrogens is 3. The zero-order chi connectivity index (χ0) is 12.5. The Kier molecular flexibility index (Phi) is 2.45. The summed E-state index contributed by atoms with van der Waals surface area (Å²) in [5, 5.41) is 9.87. The van der Waals surface area contributed by atoms with E-state index >= 15 is 0 Å². The van der Waals surface area contributed by atoms with Gasteiger partial charge in [0.25, 0.3) is 0 Å². The van der Waals surface area contributed by atoms with Gasteiger partial charge in [0.2, 0.25) is 0 Å². The second-order valence-corrected chi connectivity index (χ2v) is 4.30. The molecule has 6 nitrogen and oxygen atoms in total. The Morgan fingerprint density at radius 1 is 1.28 bits per heavy atom. The number of rotatable bonds is 1. The van der Waals surface area contributed by atoms with Crippen molar-refractivity contribution in [3.05, 3.63) is 18.0 Å². The van der Waals surface area contributed by atoms with Crippen LogP contribution in [0.5, 0.6) is 0 Å². The first-order valence-electron chi connectivity index (χ1n) is 5.86. The molecule has 0 bridgehead atoms. The average Bonchev–Trinajstić information content (AvgIpc) is 2.91. The molecule has 3 rings (SSSR count). The van der Waals surface area contributed by atoms with Gasteiger partial charge in [0.05, 0.1) is 10.9 Å². The molecule has 0 saturated carbocycles. The summed E-state index contributed by atoms with van der Waals surface area (Å²) in [6, 6.07) is 3.90. The summed E-state index contributed by atoms with van der Waals surface area (Å²) in [6.45, 7) is 1.88. The quantitative estimate of drug-likeness (QED) is 0.801. The molecule has 1 aliphatic rings. The van der Waals surface area contributed by atoms with Crippen molar-refractivity contribution in [3.63, 3.8) is 0 Å². The summed E-state index contributed by atoms with van der Waals surface area (Å²) in [6.07, 6.45) is 3.66. The van der Waals surface area contributed by atoms with E-state index < -0.39 is 0 Å². The molecule has 0 aromatic carbocycles. The number of nitrogens with zero attached hydrogens (tertiary/aromatic N) is 5. The van der Waals surface area contributed by atoms with E-state index in [0.29, 0.717) is 28.2 Å². The number of pyridine rings is 1. The van der Waals surface area contributed by atoms with Crippen LogP contribution in [0.15, 0.2) is 12.4 Å². The Balaban J connectivity index is 2.22. The van der Waals surface area contributed by atoms with Crippen molar-refractivity contribution in [3.8, 4) is 6.07 Å². The number of nitrogen functional groups attached to an aromatic ring is 1. The number of hydrogen-bond acceptors (Lipinski definition) is 6. The van der Waals surface area contributed by atoms with Crippen LogP contribution in [0.1, 0.15) is 18.4 Å². The minimum absolute atomic E-state index is 0.358. The van der Waals surface area contributed by atoms with E-state index in [0.717, 1.165) is 25.9 Å². The molecule has 6 heteroatoms. The summed E-state index contributed by atoms with van der Waals surface area (Å²) in [5.74, 6) is 1.07. The fourth-order valence-electron chi connectivity index (χ4n) is 2.25. The van der Waals surface area contributed by atoms with E-state index in [2.05, 4.69) is 25.9 Å². The van der Waals surface area contributed by atoms with Gasteiger partial charge in [0.15, 0.2) is 5.65 Å². The molecular weight excluding hydrogens is 228 g/mol. The van der Waals surface area contributed by atoms with Gasteiger partial charge in [-0.15, -0.1) is 0 Å². The van der Waals surface area contributed by atoms with Crippen molar-refractivity contribution >= 4 is 22.7 Å². The zero-order valence-electron chi connectivity index (χ0n) is 9.80. The lowest BCUT2D eigenvalue weighted by atomic mass is 10.2. The van der Waals surface area contributed by atoms with Crippen molar-refractivity contribution in [1.82, 2.24) is 15.0 Å². The van der Waals surface area contributed by atoms with Crippen LogP contribution in [0, 0.1) is 11.3 Å². The van der Waals surface area contributed by atoms with Gasteiger partial charge >= 0.3 is 0 Å². The second kappa shape index (κ2) is 4.11. The normalized spacial score (nSPS) is 14.9. The Labute approximate surface area is 104 Å². The Hall–Kier alpha value is -2.42. The van der Waals surface area contributed by atoms with E-state index in [1.807, 2.05) is 0 Å². The molecule has 3 heterocycles. The summed E-state index contributed by atoms with van der Waals surface area (Å²) >= 11 is 0. The van der Waals surface area contributed by atoms with E-state index in [1.54, 1.807) is 6.07 Å². The van der Waals surface area contributed by atoms with E-state index in [1.165, 1.54) is 6.33 Å². The van der Waals surface area contributed by atoms with Gasteiger partial charge in [-0.2, -0.15) is 5.26 Å². The van der Waals surface area contributed by atoms with Gasteiger partial charge < -0.3 is 10.6 Å². The van der Waals surface area contributed by atoms with Crippen molar-refractivity contribution in [1.29, 1.82) is 5.26 Å². The van der Waals surface area contributed by atoms with Crippen LogP contribution < -0.4 is 10.6 Å². The Morgan fingerprint density at radius 3 is 2.78 bits per heavy atom. The first-order valence-corrected chi connectivity index (χ1v) is 5.86. The third kappa shape index (κ3) is 1.61. The highest BCUT2D eigenvalue weighted by Gasteiger charge is 2.19. The van der Waals surface area contributed by atoms with Crippen molar-refractivity contribution in [2.24, 2.45) is 0 Å². The second-order valence-electron chi connectivity index (χ2n) is 4.30. The highest BCUT2D eigenvalue weighted by atomic mass is 15.2. The maximum Gasteiger partial charge on any atom is 0.167 e. The van der Waals surface area contributed by atoms with Gasteiger partial charge in [-0.1, -0.05) is 0 Å². The van der Waals surface area contributed by atoms with Crippen LogP contribution in [-0.2, 0) is 0 Å². The number of fused-ring (bicyclic) bond motifs is 1. The Morgan fingerprint density at radius 2 is 2.06 bits per heavy atom. The molecule has 1 aliphatic heterocycles. The van der Waals surface area contributed by atoms with Crippen LogP contribution in [0.2, 0.25) is 0 Å². The molecule has 1 saturated heterocycles. The molecule has 90 valence electrons. The summed E-state index contributed by atoms with van der Waals surface area (Å²) in [7, 11) is 0. The minimum Gasteiger partial charge on any atom is -0.383 e. The maximum atomic E-state index is 9.23. The first kappa shape index (κ1) is 10.7. The molecule has 2 aromatic rings. The molecule has 1 fully saturated rings. The monoisotopic (exact) mass is 240 g/mol. The van der Waals surface area contributed by atoms with E-state index in [4.69, 9.17) is 5.73 Å². The summed E-state index contributed by atoms with van der Waals surface area (Å²) in [4.78, 5) is 14.6. The third-order valence-corrected chi connectivity index (χ3v) is 3.16. The number of anilines is 2. The molecule has 18 heavy (non-hydrogen) atoms. The number of hydrogen-bond donors (Lipinski definition) is 1. The van der Waals surface area contributed by atoms with E-state index in [-0.39, 0.29) is 0 Å². The van der Waals surface area contributed by atoms with Crippen LogP contribution in [-0.4, -0.2) is 28.0 Å². The molecule has 0 radical (unpaired) electrons. The maximum absolute atomic E-state index is 9.23. The first-order chi connectivity index (χ1) is 8.79. The molecule has 0 aliphatic carbocycles. The van der Waals surface area contributed by atoms with Crippen molar-refractivity contribution in [2.75, 3.05) is 23.7 Å². The molecule has 0 atom stereocenters. The fourth-order valence-corrected chi connectivity index (χ4v) is 2.25. The van der Waals surface area contributed by atoms with Gasteiger partial charge in [0, 0.05) is 13.1 Å². The van der Waals surface area contributed by atoms with Crippen LogP contribution in [0.4, 0.5) is 11.6 Å². The zero-order valence-corrected chi connectivity index (χ0v) is 9.80.